The highest BCUT2D eigenvalue weighted by atomic mass is 32.4. The van der Waals surface area contributed by atoms with E-state index in [4.69, 9.17) is 17.3 Å². The average Bonchev–Trinajstić information content (AvgIpc) is 2.56. The van der Waals surface area contributed by atoms with Crippen LogP contribution in [0.5, 0.6) is 0 Å². The van der Waals surface area contributed by atoms with Crippen molar-refractivity contribution in [2.45, 2.75) is 81.6 Å². The van der Waals surface area contributed by atoms with Crippen LogP contribution in [0.1, 0.15) is 64.2 Å². The van der Waals surface area contributed by atoms with Crippen molar-refractivity contribution in [3.05, 3.63) is 10.4 Å². The smallest absolute Gasteiger partial charge is 0.312 e. The number of aliphatic carboxylic acids is 1. The standard InChI is InChI=1S/C15H26N3O2PS/c16-18-17-14(15(19)20)11-21(22,12-7-3-1-4-8-12)13-9-5-2-6-10-13/h12-14H,1-11H2,(H,19,20)/t14-/m0/s1. The predicted octanol–water partition coefficient (Wildman–Crippen LogP) is 4.89. The van der Waals surface area contributed by atoms with Gasteiger partial charge in [0.2, 0.25) is 0 Å². The first-order valence-electron chi connectivity index (χ1n) is 8.43. The third kappa shape index (κ3) is 4.24. The molecule has 0 aromatic rings. The van der Waals surface area contributed by atoms with Crippen LogP contribution in [0.25, 0.3) is 10.4 Å². The zero-order chi connectivity index (χ0) is 16.0. The van der Waals surface area contributed by atoms with E-state index in [2.05, 4.69) is 10.0 Å². The third-order valence-electron chi connectivity index (χ3n) is 5.32. The third-order valence-corrected chi connectivity index (χ3v) is 12.0. The van der Waals surface area contributed by atoms with Crippen molar-refractivity contribution in [3.8, 4) is 0 Å². The van der Waals surface area contributed by atoms with Crippen LogP contribution in [-0.2, 0) is 16.6 Å². The van der Waals surface area contributed by atoms with E-state index in [-0.39, 0.29) is 0 Å². The predicted molar refractivity (Wildman–Crippen MR) is 93.5 cm³/mol. The maximum atomic E-state index is 11.4. The van der Waals surface area contributed by atoms with Crippen LogP contribution in [0.3, 0.4) is 0 Å². The second-order valence-electron chi connectivity index (χ2n) is 6.68. The van der Waals surface area contributed by atoms with E-state index < -0.39 is 18.0 Å². The molecule has 0 saturated heterocycles. The average molecular weight is 343 g/mol. The minimum Gasteiger partial charge on any atom is -0.481 e. The SMILES string of the molecule is [N-]=[N+]=N[C@@H](CP(=S)(C1CCCCC1)C1CCCCC1)C(=O)O. The van der Waals surface area contributed by atoms with Gasteiger partial charge >= 0.3 is 5.97 Å². The fourth-order valence-electron chi connectivity index (χ4n) is 4.13. The topological polar surface area (TPSA) is 86.1 Å². The Kier molecular flexibility index (Phi) is 6.73. The second kappa shape index (κ2) is 8.33. The summed E-state index contributed by atoms with van der Waals surface area (Å²) in [6, 6.07) is -2.79. The van der Waals surface area contributed by atoms with Gasteiger partial charge in [0.15, 0.2) is 0 Å². The molecule has 2 saturated carbocycles. The van der Waals surface area contributed by atoms with E-state index in [1.165, 1.54) is 38.5 Å². The van der Waals surface area contributed by atoms with Gasteiger partial charge in [-0.2, -0.15) is 0 Å². The Labute approximate surface area is 137 Å². The Morgan fingerprint density at radius 1 is 1.14 bits per heavy atom. The van der Waals surface area contributed by atoms with Gasteiger partial charge in [-0.1, -0.05) is 55.4 Å². The summed E-state index contributed by atoms with van der Waals surface area (Å²) >= 11 is 6.22. The number of nitrogens with zero attached hydrogens (tertiary/aromatic N) is 3. The molecule has 0 aromatic heterocycles. The molecule has 0 spiro atoms. The highest BCUT2D eigenvalue weighted by Crippen LogP contribution is 2.63. The summed E-state index contributed by atoms with van der Waals surface area (Å²) in [5, 5.41) is 12.9. The molecule has 0 radical (unpaired) electrons. The van der Waals surface area contributed by atoms with Crippen molar-refractivity contribution in [1.29, 1.82) is 0 Å². The fourth-order valence-corrected chi connectivity index (χ4v) is 10.3. The Morgan fingerprint density at radius 2 is 1.59 bits per heavy atom. The van der Waals surface area contributed by atoms with Crippen LogP contribution < -0.4 is 0 Å². The van der Waals surface area contributed by atoms with Gasteiger partial charge < -0.3 is 5.11 Å². The number of rotatable bonds is 6. The molecular formula is C15H26N3O2PS. The molecule has 0 aromatic carbocycles. The molecule has 0 aliphatic heterocycles. The van der Waals surface area contributed by atoms with Crippen LogP contribution in [0.2, 0.25) is 0 Å². The molecular weight excluding hydrogens is 317 g/mol. The quantitative estimate of drug-likeness (QED) is 0.322. The highest BCUT2D eigenvalue weighted by molar-refractivity contribution is 8.15. The molecule has 1 N–H and O–H groups in total. The number of carboxylic acid groups (broad SMARTS) is 1. The lowest BCUT2D eigenvalue weighted by Gasteiger charge is -2.42. The Morgan fingerprint density at radius 3 is 1.95 bits per heavy atom. The largest absolute Gasteiger partial charge is 0.481 e. The molecule has 2 fully saturated rings. The van der Waals surface area contributed by atoms with Gasteiger partial charge in [0, 0.05) is 4.91 Å². The molecule has 0 heterocycles. The van der Waals surface area contributed by atoms with Crippen LogP contribution >= 0.6 is 6.04 Å². The van der Waals surface area contributed by atoms with Crippen molar-refractivity contribution >= 4 is 23.8 Å². The van der Waals surface area contributed by atoms with Gasteiger partial charge in [-0.15, -0.1) is 0 Å². The lowest BCUT2D eigenvalue weighted by atomic mass is 9.99. The van der Waals surface area contributed by atoms with Gasteiger partial charge in [-0.05, 0) is 54.7 Å². The molecule has 2 rings (SSSR count). The molecule has 0 unspecified atom stereocenters. The molecule has 0 bridgehead atoms. The summed E-state index contributed by atoms with van der Waals surface area (Å²) < 4.78 is 0. The highest BCUT2D eigenvalue weighted by Gasteiger charge is 2.39. The molecule has 22 heavy (non-hydrogen) atoms. The minimum absolute atomic E-state index is 0.428. The molecule has 7 heteroatoms. The maximum Gasteiger partial charge on any atom is 0.312 e. The first-order chi connectivity index (χ1) is 10.6. The zero-order valence-corrected chi connectivity index (χ0v) is 14.8. The lowest BCUT2D eigenvalue weighted by Crippen LogP contribution is -2.31. The molecule has 0 amide bonds. The van der Waals surface area contributed by atoms with E-state index in [9.17, 15) is 9.90 Å². The van der Waals surface area contributed by atoms with E-state index >= 15 is 0 Å². The summed E-state index contributed by atoms with van der Waals surface area (Å²) in [5.41, 5.74) is 9.70. The fraction of sp³-hybridized carbons (Fsp3) is 0.933. The normalized spacial score (nSPS) is 22.7. The van der Waals surface area contributed by atoms with Crippen molar-refractivity contribution in [2.75, 3.05) is 6.16 Å². The maximum absolute atomic E-state index is 11.4. The van der Waals surface area contributed by atoms with Crippen LogP contribution in [0.15, 0.2) is 5.11 Å². The Bertz CT molecular complexity index is 457. The van der Waals surface area contributed by atoms with Crippen molar-refractivity contribution in [3.63, 3.8) is 0 Å². The van der Waals surface area contributed by atoms with Crippen LogP contribution in [0, 0.1) is 0 Å². The zero-order valence-electron chi connectivity index (χ0n) is 13.1. The van der Waals surface area contributed by atoms with Gasteiger partial charge in [-0.25, -0.2) is 0 Å². The van der Waals surface area contributed by atoms with E-state index in [0.717, 1.165) is 25.7 Å². The van der Waals surface area contributed by atoms with Gasteiger partial charge in [0.05, 0.1) is 0 Å². The Hall–Kier alpha value is -0.570. The first kappa shape index (κ1) is 17.8. The number of hydrogen-bond donors (Lipinski definition) is 1. The number of carboxylic acids is 1. The summed E-state index contributed by atoms with van der Waals surface area (Å²) in [4.78, 5) is 14.2. The molecule has 1 atom stereocenters. The van der Waals surface area contributed by atoms with E-state index in [0.29, 0.717) is 17.5 Å². The van der Waals surface area contributed by atoms with Crippen molar-refractivity contribution in [2.24, 2.45) is 5.11 Å². The van der Waals surface area contributed by atoms with Gasteiger partial charge in [0.25, 0.3) is 0 Å². The molecule has 124 valence electrons. The van der Waals surface area contributed by atoms with Crippen LogP contribution in [0.4, 0.5) is 0 Å². The van der Waals surface area contributed by atoms with E-state index in [1.54, 1.807) is 0 Å². The number of azide groups is 1. The lowest BCUT2D eigenvalue weighted by molar-refractivity contribution is -0.137. The molecule has 2 aliphatic rings. The Balaban J connectivity index is 2.24. The molecule has 2 aliphatic carbocycles. The second-order valence-corrected chi connectivity index (χ2v) is 12.3. The van der Waals surface area contributed by atoms with E-state index in [1.807, 2.05) is 0 Å². The van der Waals surface area contributed by atoms with Crippen molar-refractivity contribution < 1.29 is 9.90 Å². The van der Waals surface area contributed by atoms with Crippen LogP contribution in [-0.4, -0.2) is 34.6 Å². The summed E-state index contributed by atoms with van der Waals surface area (Å²) in [6.07, 6.45) is 12.4. The van der Waals surface area contributed by atoms with Gasteiger partial charge in [-0.3, -0.25) is 4.79 Å². The minimum atomic E-state index is -1.82. The summed E-state index contributed by atoms with van der Waals surface area (Å²) in [7, 11) is 0. The first-order valence-corrected chi connectivity index (χ1v) is 11.6. The molecule has 5 nitrogen and oxygen atoms in total. The monoisotopic (exact) mass is 343 g/mol. The number of carbonyl (C=O) groups is 1. The number of hydrogen-bond acceptors (Lipinski definition) is 3. The summed E-state index contributed by atoms with van der Waals surface area (Å²) in [5.74, 6) is -1.02. The van der Waals surface area contributed by atoms with Crippen molar-refractivity contribution in [1.82, 2.24) is 0 Å². The van der Waals surface area contributed by atoms with Gasteiger partial charge in [0.1, 0.15) is 6.04 Å². The summed E-state index contributed by atoms with van der Waals surface area (Å²) in [6.45, 7) is 0.